The monoisotopic (exact) mass is 263 g/mol. The molecule has 0 fully saturated rings. The van der Waals surface area contributed by atoms with Crippen molar-refractivity contribution in [2.75, 3.05) is 17.2 Å². The Morgan fingerprint density at radius 1 is 1.15 bits per heavy atom. The number of nitrogens with zero attached hydrogens (tertiary/aromatic N) is 2. The average molecular weight is 263 g/mol. The van der Waals surface area contributed by atoms with Crippen LogP contribution in [0.3, 0.4) is 0 Å². The highest BCUT2D eigenvalue weighted by Crippen LogP contribution is 2.33. The number of anilines is 2. The lowest BCUT2D eigenvalue weighted by Crippen LogP contribution is -2.29. The van der Waals surface area contributed by atoms with Crippen LogP contribution < -0.4 is 10.6 Å². The molecule has 20 heavy (non-hydrogen) atoms. The molecule has 0 saturated carbocycles. The Kier molecular flexibility index (Phi) is 3.30. The molecular formula is C17H17N3. The van der Waals surface area contributed by atoms with E-state index in [0.29, 0.717) is 11.3 Å². The fourth-order valence-electron chi connectivity index (χ4n) is 2.87. The summed E-state index contributed by atoms with van der Waals surface area (Å²) in [6.07, 6.45) is 2.01. The van der Waals surface area contributed by atoms with Crippen molar-refractivity contribution in [1.29, 1.82) is 5.26 Å². The highest BCUT2D eigenvalue weighted by molar-refractivity contribution is 5.70. The van der Waals surface area contributed by atoms with Gasteiger partial charge in [0.1, 0.15) is 6.07 Å². The number of nitrogens with two attached hydrogens (primary N) is 1. The second-order valence-corrected chi connectivity index (χ2v) is 5.15. The Labute approximate surface area is 119 Å². The van der Waals surface area contributed by atoms with E-state index in [1.54, 1.807) is 0 Å². The van der Waals surface area contributed by atoms with Crippen LogP contribution in [0, 0.1) is 11.3 Å². The number of fused-ring (bicyclic) bond motifs is 1. The van der Waals surface area contributed by atoms with Crippen LogP contribution in [0.15, 0.2) is 42.5 Å². The summed E-state index contributed by atoms with van der Waals surface area (Å²) in [4.78, 5) is 2.34. The molecule has 1 heterocycles. The molecule has 2 N–H and O–H groups in total. The Bertz CT molecular complexity index is 656. The van der Waals surface area contributed by atoms with E-state index in [1.165, 1.54) is 5.56 Å². The van der Waals surface area contributed by atoms with Gasteiger partial charge in [-0.15, -0.1) is 0 Å². The van der Waals surface area contributed by atoms with E-state index < -0.39 is 0 Å². The Morgan fingerprint density at radius 3 is 2.70 bits per heavy atom. The van der Waals surface area contributed by atoms with Crippen molar-refractivity contribution < 1.29 is 0 Å². The fraction of sp³-hybridized carbons (Fsp3) is 0.235. The van der Waals surface area contributed by atoms with Gasteiger partial charge in [0.25, 0.3) is 0 Å². The van der Waals surface area contributed by atoms with Crippen LogP contribution in [0.1, 0.15) is 23.1 Å². The normalized spacial score (nSPS) is 13.7. The fourth-order valence-corrected chi connectivity index (χ4v) is 2.87. The summed E-state index contributed by atoms with van der Waals surface area (Å²) in [5, 5.41) is 9.30. The molecule has 1 aliphatic heterocycles. The van der Waals surface area contributed by atoms with Crippen LogP contribution in [-0.2, 0) is 13.0 Å². The summed E-state index contributed by atoms with van der Waals surface area (Å²) in [5.74, 6) is 0. The zero-order chi connectivity index (χ0) is 13.9. The summed E-state index contributed by atoms with van der Waals surface area (Å²) >= 11 is 0. The van der Waals surface area contributed by atoms with E-state index >= 15 is 0 Å². The molecule has 1 aliphatic rings. The molecule has 2 aromatic rings. The Balaban J connectivity index is 1.97. The van der Waals surface area contributed by atoms with Gasteiger partial charge in [0.05, 0.1) is 5.56 Å². The zero-order valence-electron chi connectivity index (χ0n) is 11.3. The topological polar surface area (TPSA) is 53.1 Å². The molecule has 3 heteroatoms. The van der Waals surface area contributed by atoms with Crippen molar-refractivity contribution >= 4 is 11.4 Å². The second kappa shape index (κ2) is 5.26. The molecule has 2 aromatic carbocycles. The van der Waals surface area contributed by atoms with E-state index in [2.05, 4.69) is 35.2 Å². The van der Waals surface area contributed by atoms with Crippen molar-refractivity contribution in [2.24, 2.45) is 0 Å². The van der Waals surface area contributed by atoms with Gasteiger partial charge in [-0.1, -0.05) is 30.3 Å². The second-order valence-electron chi connectivity index (χ2n) is 5.15. The van der Waals surface area contributed by atoms with Gasteiger partial charge in [-0.05, 0) is 36.1 Å². The molecule has 0 unspecified atom stereocenters. The van der Waals surface area contributed by atoms with E-state index in [0.717, 1.165) is 37.2 Å². The van der Waals surface area contributed by atoms with Crippen molar-refractivity contribution in [2.45, 2.75) is 19.4 Å². The van der Waals surface area contributed by atoms with Crippen LogP contribution in [0.5, 0.6) is 0 Å². The average Bonchev–Trinajstić information content (AvgIpc) is 2.48. The zero-order valence-corrected chi connectivity index (χ0v) is 11.3. The summed E-state index contributed by atoms with van der Waals surface area (Å²) in [6, 6.07) is 16.6. The molecule has 0 aromatic heterocycles. The molecule has 0 amide bonds. The number of nitrogen functional groups attached to an aromatic ring is 1. The predicted octanol–water partition coefficient (Wildman–Crippen LogP) is 3.09. The van der Waals surface area contributed by atoms with Crippen molar-refractivity contribution in [3.63, 3.8) is 0 Å². The van der Waals surface area contributed by atoms with Gasteiger partial charge in [0.2, 0.25) is 0 Å². The number of nitriles is 1. The number of benzene rings is 2. The maximum atomic E-state index is 9.30. The van der Waals surface area contributed by atoms with Gasteiger partial charge in [-0.25, -0.2) is 0 Å². The maximum Gasteiger partial charge on any atom is 0.102 e. The maximum absolute atomic E-state index is 9.30. The van der Waals surface area contributed by atoms with E-state index in [4.69, 9.17) is 5.73 Å². The highest BCUT2D eigenvalue weighted by atomic mass is 15.1. The van der Waals surface area contributed by atoms with Crippen LogP contribution in [0.2, 0.25) is 0 Å². The number of hydrogen-bond donors (Lipinski definition) is 1. The lowest BCUT2D eigenvalue weighted by Gasteiger charge is -2.32. The van der Waals surface area contributed by atoms with E-state index in [1.807, 2.05) is 18.2 Å². The largest absolute Gasteiger partial charge is 0.398 e. The van der Waals surface area contributed by atoms with Crippen LogP contribution in [0.25, 0.3) is 0 Å². The molecule has 0 radical (unpaired) electrons. The van der Waals surface area contributed by atoms with Gasteiger partial charge in [-0.3, -0.25) is 0 Å². The molecule has 0 aliphatic carbocycles. The first kappa shape index (κ1) is 12.6. The van der Waals surface area contributed by atoms with Crippen molar-refractivity contribution in [1.82, 2.24) is 0 Å². The Morgan fingerprint density at radius 2 is 1.95 bits per heavy atom. The molecule has 0 atom stereocenters. The lowest BCUT2D eigenvalue weighted by atomic mass is 9.95. The smallest absolute Gasteiger partial charge is 0.102 e. The van der Waals surface area contributed by atoms with Crippen molar-refractivity contribution in [3.8, 4) is 6.07 Å². The van der Waals surface area contributed by atoms with E-state index in [9.17, 15) is 5.26 Å². The molecule has 0 saturated heterocycles. The Hall–Kier alpha value is -2.47. The lowest BCUT2D eigenvalue weighted by molar-refractivity contribution is 0.690. The first-order valence-corrected chi connectivity index (χ1v) is 6.90. The third-order valence-electron chi connectivity index (χ3n) is 3.84. The van der Waals surface area contributed by atoms with Gasteiger partial charge in [-0.2, -0.15) is 5.26 Å². The van der Waals surface area contributed by atoms with Crippen molar-refractivity contribution in [3.05, 3.63) is 59.2 Å². The molecule has 3 rings (SSSR count). The summed E-state index contributed by atoms with van der Waals surface area (Å²) < 4.78 is 0. The highest BCUT2D eigenvalue weighted by Gasteiger charge is 2.21. The molecule has 3 nitrogen and oxygen atoms in total. The first-order chi connectivity index (χ1) is 9.79. The molecule has 0 bridgehead atoms. The van der Waals surface area contributed by atoms with Gasteiger partial charge in [0.15, 0.2) is 0 Å². The minimum atomic E-state index is 0.591. The molecular weight excluding hydrogens is 246 g/mol. The minimum Gasteiger partial charge on any atom is -0.398 e. The van der Waals surface area contributed by atoms with Gasteiger partial charge in [0, 0.05) is 24.5 Å². The third-order valence-corrected chi connectivity index (χ3v) is 3.84. The predicted molar refractivity (Wildman–Crippen MR) is 81.4 cm³/mol. The quantitative estimate of drug-likeness (QED) is 0.847. The summed E-state index contributed by atoms with van der Waals surface area (Å²) in [7, 11) is 0. The third kappa shape index (κ3) is 2.21. The molecule has 100 valence electrons. The van der Waals surface area contributed by atoms with Crippen LogP contribution in [-0.4, -0.2) is 6.54 Å². The van der Waals surface area contributed by atoms with Gasteiger partial charge < -0.3 is 10.6 Å². The summed E-state index contributed by atoms with van der Waals surface area (Å²) in [6.45, 7) is 1.90. The van der Waals surface area contributed by atoms with Crippen LogP contribution >= 0.6 is 0 Å². The molecule has 0 spiro atoms. The number of rotatable bonds is 2. The van der Waals surface area contributed by atoms with E-state index in [-0.39, 0.29) is 0 Å². The minimum absolute atomic E-state index is 0.591. The van der Waals surface area contributed by atoms with Crippen LogP contribution in [0.4, 0.5) is 11.4 Å². The SMILES string of the molecule is N#Cc1c(N)ccc2c1CCCN2Cc1ccccc1. The first-order valence-electron chi connectivity index (χ1n) is 6.90. The standard InChI is InChI=1S/C17H17N3/c18-11-15-14-7-4-10-20(17(14)9-8-16(15)19)12-13-5-2-1-3-6-13/h1-3,5-6,8-9H,4,7,10,12,19H2. The summed E-state index contributed by atoms with van der Waals surface area (Å²) in [5.41, 5.74) is 10.7. The van der Waals surface area contributed by atoms with Gasteiger partial charge >= 0.3 is 0 Å². The number of hydrogen-bond acceptors (Lipinski definition) is 3.